The molecule has 33 heavy (non-hydrogen) atoms. The number of benzene rings is 3. The van der Waals surface area contributed by atoms with E-state index in [1.807, 2.05) is 42.5 Å². The summed E-state index contributed by atoms with van der Waals surface area (Å²) in [6.07, 6.45) is -3.56. The molecule has 1 aliphatic heterocycles. The van der Waals surface area contributed by atoms with Crippen molar-refractivity contribution in [3.05, 3.63) is 89.5 Å². The second-order valence-corrected chi connectivity index (χ2v) is 7.73. The van der Waals surface area contributed by atoms with Gasteiger partial charge in [-0.1, -0.05) is 49.4 Å². The van der Waals surface area contributed by atoms with Crippen molar-refractivity contribution in [1.82, 2.24) is 9.97 Å². The van der Waals surface area contributed by atoms with Crippen LogP contribution in [0.2, 0.25) is 0 Å². The van der Waals surface area contributed by atoms with Gasteiger partial charge in [0.05, 0.1) is 17.1 Å². The van der Waals surface area contributed by atoms with E-state index in [4.69, 9.17) is 4.99 Å². The van der Waals surface area contributed by atoms with E-state index < -0.39 is 11.7 Å². The zero-order chi connectivity index (χ0) is 23.0. The Morgan fingerprint density at radius 1 is 0.879 bits per heavy atom. The van der Waals surface area contributed by atoms with Gasteiger partial charge in [0.1, 0.15) is 11.7 Å². The fourth-order valence-corrected chi connectivity index (χ4v) is 3.95. The maximum atomic E-state index is 13.1. The maximum absolute atomic E-state index is 13.1. The van der Waals surface area contributed by atoms with Crippen molar-refractivity contribution in [2.24, 2.45) is 4.99 Å². The second kappa shape index (κ2) is 8.20. The molecule has 0 radical (unpaired) electrons. The van der Waals surface area contributed by atoms with Crippen molar-refractivity contribution < 1.29 is 13.2 Å². The highest BCUT2D eigenvalue weighted by Crippen LogP contribution is 2.34. The summed E-state index contributed by atoms with van der Waals surface area (Å²) in [5, 5.41) is 7.04. The minimum absolute atomic E-state index is 0.0690. The van der Waals surface area contributed by atoms with Gasteiger partial charge >= 0.3 is 6.18 Å². The number of alkyl halides is 3. The van der Waals surface area contributed by atoms with Gasteiger partial charge in [0, 0.05) is 16.6 Å². The van der Waals surface area contributed by atoms with Crippen molar-refractivity contribution >= 4 is 34.2 Å². The molecule has 2 N–H and O–H groups in total. The second-order valence-electron chi connectivity index (χ2n) is 7.73. The number of anilines is 3. The number of para-hydroxylation sites is 1. The van der Waals surface area contributed by atoms with Gasteiger partial charge in [0.15, 0.2) is 0 Å². The van der Waals surface area contributed by atoms with E-state index in [-0.39, 0.29) is 17.7 Å². The summed E-state index contributed by atoms with van der Waals surface area (Å²) in [6, 6.07) is 20.5. The topological polar surface area (TPSA) is 62.2 Å². The molecule has 0 saturated heterocycles. The van der Waals surface area contributed by atoms with Gasteiger partial charge in [-0.2, -0.15) is 18.2 Å². The van der Waals surface area contributed by atoms with E-state index in [0.717, 1.165) is 35.1 Å². The van der Waals surface area contributed by atoms with Gasteiger partial charge in [0.2, 0.25) is 5.95 Å². The molecular formula is C25H20F3N5. The number of aliphatic imine (C=N–C) groups is 1. The molecule has 1 aromatic heterocycles. The van der Waals surface area contributed by atoms with E-state index in [9.17, 15) is 13.2 Å². The minimum atomic E-state index is -4.43. The lowest BCUT2D eigenvalue weighted by Crippen LogP contribution is -2.14. The lowest BCUT2D eigenvalue weighted by atomic mass is 10.0. The van der Waals surface area contributed by atoms with E-state index in [0.29, 0.717) is 17.2 Å². The van der Waals surface area contributed by atoms with Crippen LogP contribution in [0.3, 0.4) is 0 Å². The van der Waals surface area contributed by atoms with Gasteiger partial charge < -0.3 is 10.6 Å². The number of rotatable bonds is 4. The highest BCUT2D eigenvalue weighted by molar-refractivity contribution is 6.13. The first-order valence-corrected chi connectivity index (χ1v) is 10.6. The summed E-state index contributed by atoms with van der Waals surface area (Å²) < 4.78 is 39.3. The molecule has 0 aliphatic carbocycles. The zero-order valence-electron chi connectivity index (χ0n) is 17.7. The summed E-state index contributed by atoms with van der Waals surface area (Å²) in [4.78, 5) is 13.9. The van der Waals surface area contributed by atoms with Crippen LogP contribution in [-0.2, 0) is 6.18 Å². The molecule has 8 heteroatoms. The Labute approximate surface area is 188 Å². The van der Waals surface area contributed by atoms with E-state index in [2.05, 4.69) is 33.6 Å². The summed E-state index contributed by atoms with van der Waals surface area (Å²) in [6.45, 7) is 2.09. The number of nitrogens with one attached hydrogen (secondary N) is 2. The average molecular weight is 447 g/mol. The van der Waals surface area contributed by atoms with Crippen LogP contribution in [0.4, 0.5) is 30.6 Å². The van der Waals surface area contributed by atoms with E-state index in [1.54, 1.807) is 6.07 Å². The normalized spacial score (nSPS) is 15.3. The Bertz CT molecular complexity index is 1360. The number of halogens is 3. The lowest BCUT2D eigenvalue weighted by Gasteiger charge is -2.13. The van der Waals surface area contributed by atoms with Gasteiger partial charge in [-0.05, 0) is 42.3 Å². The van der Waals surface area contributed by atoms with Gasteiger partial charge in [-0.25, -0.2) is 4.98 Å². The molecule has 1 aliphatic rings. The molecule has 0 fully saturated rings. The average Bonchev–Trinajstić information content (AvgIpc) is 3.16. The first-order chi connectivity index (χ1) is 15.9. The Morgan fingerprint density at radius 2 is 1.67 bits per heavy atom. The van der Waals surface area contributed by atoms with Gasteiger partial charge in [0.25, 0.3) is 0 Å². The molecule has 3 aromatic carbocycles. The zero-order valence-corrected chi connectivity index (χ0v) is 17.7. The summed E-state index contributed by atoms with van der Waals surface area (Å²) in [5.74, 6) is 1.43. The Balaban J connectivity index is 1.53. The molecular weight excluding hydrogens is 427 g/mol. The smallest absolute Gasteiger partial charge is 0.324 e. The monoisotopic (exact) mass is 447 g/mol. The van der Waals surface area contributed by atoms with Crippen molar-refractivity contribution in [3.8, 4) is 0 Å². The molecule has 0 amide bonds. The third kappa shape index (κ3) is 4.11. The molecule has 1 atom stereocenters. The number of nitrogens with zero attached hydrogens (tertiary/aromatic N) is 3. The van der Waals surface area contributed by atoms with Crippen LogP contribution in [0.1, 0.15) is 36.1 Å². The predicted octanol–water partition coefficient (Wildman–Crippen LogP) is 6.72. The van der Waals surface area contributed by atoms with Crippen LogP contribution in [0.15, 0.2) is 77.8 Å². The standard InChI is InChI=1S/C25H20F3N5/c1-2-20-17-10-3-4-11-18(17)22(30-20)32-23-19-12-5-6-13-21(19)31-24(33-23)29-16-9-7-8-15(14-16)25(26,27)28/h3-14,20H,2H2,1H3,(H2,29,30,31,32,33). The molecule has 0 spiro atoms. The van der Waals surface area contributed by atoms with Crippen LogP contribution in [0.25, 0.3) is 10.9 Å². The number of fused-ring (bicyclic) bond motifs is 2. The minimum Gasteiger partial charge on any atom is -0.324 e. The highest BCUT2D eigenvalue weighted by atomic mass is 19.4. The fourth-order valence-electron chi connectivity index (χ4n) is 3.95. The molecule has 0 bridgehead atoms. The van der Waals surface area contributed by atoms with Crippen LogP contribution >= 0.6 is 0 Å². The van der Waals surface area contributed by atoms with Crippen LogP contribution in [0, 0.1) is 0 Å². The quantitative estimate of drug-likeness (QED) is 0.365. The van der Waals surface area contributed by atoms with Crippen molar-refractivity contribution in [2.75, 3.05) is 10.6 Å². The maximum Gasteiger partial charge on any atom is 0.416 e. The van der Waals surface area contributed by atoms with E-state index in [1.165, 1.54) is 6.07 Å². The third-order valence-corrected chi connectivity index (χ3v) is 5.53. The third-order valence-electron chi connectivity index (χ3n) is 5.53. The Morgan fingerprint density at radius 3 is 2.48 bits per heavy atom. The van der Waals surface area contributed by atoms with Gasteiger partial charge in [-0.3, -0.25) is 4.99 Å². The lowest BCUT2D eigenvalue weighted by molar-refractivity contribution is -0.137. The SMILES string of the molecule is CCC1N=C(Nc2nc(Nc3cccc(C(F)(F)F)c3)nc3ccccc23)c2ccccc21. The Kier molecular flexibility index (Phi) is 5.20. The first kappa shape index (κ1) is 20.9. The Hall–Kier alpha value is -3.94. The molecule has 1 unspecified atom stereocenters. The predicted molar refractivity (Wildman–Crippen MR) is 124 cm³/mol. The molecule has 4 aromatic rings. The molecule has 166 valence electrons. The van der Waals surface area contributed by atoms with Crippen molar-refractivity contribution in [1.29, 1.82) is 0 Å². The summed E-state index contributed by atoms with van der Waals surface area (Å²) >= 11 is 0. The van der Waals surface area contributed by atoms with Crippen molar-refractivity contribution in [2.45, 2.75) is 25.6 Å². The van der Waals surface area contributed by atoms with Crippen LogP contribution in [-0.4, -0.2) is 15.8 Å². The molecule has 5 nitrogen and oxygen atoms in total. The summed E-state index contributed by atoms with van der Waals surface area (Å²) in [5.41, 5.74) is 2.33. The molecule has 5 rings (SSSR count). The summed E-state index contributed by atoms with van der Waals surface area (Å²) in [7, 11) is 0. The number of amidine groups is 1. The van der Waals surface area contributed by atoms with Crippen LogP contribution in [0.5, 0.6) is 0 Å². The number of hydrogen-bond acceptors (Lipinski definition) is 5. The van der Waals surface area contributed by atoms with Crippen LogP contribution < -0.4 is 10.6 Å². The largest absolute Gasteiger partial charge is 0.416 e. The number of hydrogen-bond donors (Lipinski definition) is 2. The number of aromatic nitrogens is 2. The van der Waals surface area contributed by atoms with E-state index >= 15 is 0 Å². The molecule has 0 saturated carbocycles. The molecule has 2 heterocycles. The highest BCUT2D eigenvalue weighted by Gasteiger charge is 2.30. The van der Waals surface area contributed by atoms with Crippen molar-refractivity contribution in [3.63, 3.8) is 0 Å². The van der Waals surface area contributed by atoms with Gasteiger partial charge in [-0.15, -0.1) is 0 Å². The fraction of sp³-hybridized carbons (Fsp3) is 0.160. The first-order valence-electron chi connectivity index (χ1n) is 10.6.